The van der Waals surface area contributed by atoms with Crippen LogP contribution in [0.15, 0.2) is 54.6 Å². The first-order valence-electron chi connectivity index (χ1n) is 7.01. The van der Waals surface area contributed by atoms with Gasteiger partial charge in [-0.3, -0.25) is 0 Å². The van der Waals surface area contributed by atoms with Gasteiger partial charge in [-0.15, -0.1) is 0 Å². The van der Waals surface area contributed by atoms with E-state index >= 15 is 0 Å². The standard InChI is InChI=1S/C17H17OP/c18-19(14-7-2-1-3-8-14)11-10-16-15-9-5-4-6-13(15)12-17(16)19/h1-9,16-17H,10-12H2/t16-,17+,19-/m1/s1. The van der Waals surface area contributed by atoms with Crippen molar-refractivity contribution >= 4 is 12.4 Å². The van der Waals surface area contributed by atoms with Gasteiger partial charge >= 0.3 is 0 Å². The Balaban J connectivity index is 1.79. The lowest BCUT2D eigenvalue weighted by Gasteiger charge is -2.20. The van der Waals surface area contributed by atoms with E-state index in [4.69, 9.17) is 0 Å². The molecule has 1 nitrogen and oxygen atoms in total. The summed E-state index contributed by atoms with van der Waals surface area (Å²) in [5.41, 5.74) is 3.24. The lowest BCUT2D eigenvalue weighted by Crippen LogP contribution is -2.16. The van der Waals surface area contributed by atoms with Crippen LogP contribution in [0.1, 0.15) is 23.5 Å². The number of fused-ring (bicyclic) bond motifs is 3. The minimum Gasteiger partial charge on any atom is -0.318 e. The van der Waals surface area contributed by atoms with Crippen molar-refractivity contribution in [3.05, 3.63) is 65.7 Å². The molecule has 1 aliphatic heterocycles. The molecule has 3 atom stereocenters. The summed E-state index contributed by atoms with van der Waals surface area (Å²) in [5, 5.41) is 1.09. The zero-order valence-electron chi connectivity index (χ0n) is 10.8. The fraction of sp³-hybridized carbons (Fsp3) is 0.294. The quantitative estimate of drug-likeness (QED) is 0.719. The molecule has 19 heavy (non-hydrogen) atoms. The Morgan fingerprint density at radius 3 is 2.53 bits per heavy atom. The second-order valence-corrected chi connectivity index (χ2v) is 8.94. The summed E-state index contributed by atoms with van der Waals surface area (Å²) in [6.07, 6.45) is 2.99. The molecular formula is C17H17OP. The van der Waals surface area contributed by atoms with Crippen LogP contribution in [0.3, 0.4) is 0 Å². The monoisotopic (exact) mass is 268 g/mol. The van der Waals surface area contributed by atoms with Crippen LogP contribution in [0.25, 0.3) is 0 Å². The van der Waals surface area contributed by atoms with Gasteiger partial charge in [0.05, 0.1) is 0 Å². The smallest absolute Gasteiger partial charge is 0.119 e. The summed E-state index contributed by atoms with van der Waals surface area (Å²) >= 11 is 0. The van der Waals surface area contributed by atoms with E-state index in [0.717, 1.165) is 24.3 Å². The molecule has 0 aromatic heterocycles. The van der Waals surface area contributed by atoms with E-state index in [-0.39, 0.29) is 0 Å². The summed E-state index contributed by atoms with van der Waals surface area (Å²) < 4.78 is 13.5. The predicted octanol–water partition coefficient (Wildman–Crippen LogP) is 3.79. The van der Waals surface area contributed by atoms with Crippen molar-refractivity contribution in [2.75, 3.05) is 6.16 Å². The maximum Gasteiger partial charge on any atom is 0.119 e. The molecule has 2 aromatic rings. The highest BCUT2D eigenvalue weighted by Crippen LogP contribution is 2.65. The summed E-state index contributed by atoms with van der Waals surface area (Å²) in [6.45, 7) is 0. The van der Waals surface area contributed by atoms with Crippen LogP contribution in [0.4, 0.5) is 0 Å². The Morgan fingerprint density at radius 2 is 1.68 bits per heavy atom. The highest BCUT2D eigenvalue weighted by Gasteiger charge is 2.49. The minimum atomic E-state index is -2.21. The van der Waals surface area contributed by atoms with Gasteiger partial charge in [-0.2, -0.15) is 0 Å². The molecule has 0 unspecified atom stereocenters. The number of hydrogen-bond donors (Lipinski definition) is 0. The predicted molar refractivity (Wildman–Crippen MR) is 79.8 cm³/mol. The molecule has 0 radical (unpaired) electrons. The average Bonchev–Trinajstić information content (AvgIpc) is 2.99. The topological polar surface area (TPSA) is 17.1 Å². The Morgan fingerprint density at radius 1 is 0.947 bits per heavy atom. The molecule has 2 aliphatic rings. The molecule has 0 N–H and O–H groups in total. The van der Waals surface area contributed by atoms with Gasteiger partial charge in [0.25, 0.3) is 0 Å². The third-order valence-corrected chi connectivity index (χ3v) is 8.56. The second-order valence-electron chi connectivity index (χ2n) is 5.72. The van der Waals surface area contributed by atoms with Gasteiger partial charge < -0.3 is 4.57 Å². The molecule has 2 aromatic carbocycles. The summed E-state index contributed by atoms with van der Waals surface area (Å²) in [5.74, 6) is 0.530. The summed E-state index contributed by atoms with van der Waals surface area (Å²) in [4.78, 5) is 0. The van der Waals surface area contributed by atoms with E-state index in [1.54, 1.807) is 0 Å². The SMILES string of the molecule is O=[P@@]1(c2ccccc2)CC[C@@H]2c3ccccc3C[C@@H]21. The molecule has 96 valence electrons. The van der Waals surface area contributed by atoms with E-state index in [0.29, 0.717) is 11.6 Å². The summed E-state index contributed by atoms with van der Waals surface area (Å²) in [6, 6.07) is 18.8. The molecule has 0 amide bonds. The Labute approximate surface area is 114 Å². The largest absolute Gasteiger partial charge is 0.318 e. The molecule has 1 fully saturated rings. The van der Waals surface area contributed by atoms with Crippen molar-refractivity contribution in [1.82, 2.24) is 0 Å². The van der Waals surface area contributed by atoms with E-state index in [1.807, 2.05) is 18.2 Å². The van der Waals surface area contributed by atoms with Crippen LogP contribution in [0, 0.1) is 0 Å². The average molecular weight is 268 g/mol. The van der Waals surface area contributed by atoms with Gasteiger partial charge in [-0.1, -0.05) is 54.6 Å². The number of rotatable bonds is 1. The van der Waals surface area contributed by atoms with Gasteiger partial charge in [0, 0.05) is 17.1 Å². The lowest BCUT2D eigenvalue weighted by atomic mass is 9.99. The van der Waals surface area contributed by atoms with Crippen LogP contribution < -0.4 is 5.30 Å². The molecule has 1 heterocycles. The van der Waals surface area contributed by atoms with Crippen molar-refractivity contribution in [1.29, 1.82) is 0 Å². The van der Waals surface area contributed by atoms with E-state index in [2.05, 4.69) is 36.4 Å². The zero-order valence-corrected chi connectivity index (χ0v) is 11.7. The first kappa shape index (κ1) is 11.5. The number of hydrogen-bond acceptors (Lipinski definition) is 1. The molecule has 0 bridgehead atoms. The molecule has 4 rings (SSSR count). The molecular weight excluding hydrogens is 251 g/mol. The summed E-state index contributed by atoms with van der Waals surface area (Å²) in [7, 11) is -2.21. The molecule has 1 aliphatic carbocycles. The second kappa shape index (κ2) is 4.08. The lowest BCUT2D eigenvalue weighted by molar-refractivity contribution is 0.575. The molecule has 0 saturated carbocycles. The maximum atomic E-state index is 13.5. The van der Waals surface area contributed by atoms with E-state index in [1.165, 1.54) is 11.1 Å². The fourth-order valence-electron chi connectivity index (χ4n) is 3.94. The molecule has 1 saturated heterocycles. The normalized spacial score (nSPS) is 32.0. The Bertz CT molecular complexity index is 662. The van der Waals surface area contributed by atoms with Crippen molar-refractivity contribution in [2.45, 2.75) is 24.4 Å². The first-order valence-corrected chi connectivity index (χ1v) is 8.97. The van der Waals surface area contributed by atoms with E-state index in [9.17, 15) is 4.57 Å². The van der Waals surface area contributed by atoms with Crippen LogP contribution in [-0.4, -0.2) is 11.8 Å². The van der Waals surface area contributed by atoms with Crippen LogP contribution >= 0.6 is 7.14 Å². The van der Waals surface area contributed by atoms with Crippen molar-refractivity contribution in [3.63, 3.8) is 0 Å². The van der Waals surface area contributed by atoms with Crippen molar-refractivity contribution in [2.24, 2.45) is 0 Å². The highest BCUT2D eigenvalue weighted by atomic mass is 31.2. The number of benzene rings is 2. The van der Waals surface area contributed by atoms with Gasteiger partial charge in [-0.05, 0) is 29.9 Å². The van der Waals surface area contributed by atoms with Gasteiger partial charge in [-0.25, -0.2) is 0 Å². The molecule has 2 heteroatoms. The van der Waals surface area contributed by atoms with Crippen molar-refractivity contribution < 1.29 is 4.57 Å². The van der Waals surface area contributed by atoms with Gasteiger partial charge in [0.1, 0.15) is 7.14 Å². The first-order chi connectivity index (χ1) is 9.29. The van der Waals surface area contributed by atoms with Gasteiger partial charge in [0.2, 0.25) is 0 Å². The molecule has 0 spiro atoms. The van der Waals surface area contributed by atoms with Crippen molar-refractivity contribution in [3.8, 4) is 0 Å². The Kier molecular flexibility index (Phi) is 2.47. The van der Waals surface area contributed by atoms with E-state index < -0.39 is 7.14 Å². The third kappa shape index (κ3) is 1.58. The highest BCUT2D eigenvalue weighted by molar-refractivity contribution is 7.72. The van der Waals surface area contributed by atoms with Gasteiger partial charge in [0.15, 0.2) is 0 Å². The Hall–Kier alpha value is -1.33. The zero-order chi connectivity index (χ0) is 12.9. The fourth-order valence-corrected chi connectivity index (χ4v) is 7.63. The maximum absolute atomic E-state index is 13.5. The van der Waals surface area contributed by atoms with Crippen LogP contribution in [-0.2, 0) is 11.0 Å². The van der Waals surface area contributed by atoms with Crippen LogP contribution in [0.5, 0.6) is 0 Å². The third-order valence-electron chi connectivity index (χ3n) is 4.85. The minimum absolute atomic E-state index is 0.354. The van der Waals surface area contributed by atoms with Crippen LogP contribution in [0.2, 0.25) is 0 Å².